The van der Waals surface area contributed by atoms with Crippen LogP contribution in [-0.2, 0) is 14.8 Å². The minimum Gasteiger partial charge on any atom is -0.355 e. The highest BCUT2D eigenvalue weighted by atomic mass is 79.9. The summed E-state index contributed by atoms with van der Waals surface area (Å²) in [5.41, 5.74) is 0.722. The minimum atomic E-state index is -3.28. The van der Waals surface area contributed by atoms with Crippen molar-refractivity contribution in [3.05, 3.63) is 33.8 Å². The van der Waals surface area contributed by atoms with Gasteiger partial charge in [-0.1, -0.05) is 15.9 Å². The van der Waals surface area contributed by atoms with E-state index in [0.717, 1.165) is 15.6 Å². The molecule has 1 heterocycles. The molecule has 0 spiro atoms. The Hall–Kier alpha value is -1.78. The van der Waals surface area contributed by atoms with Gasteiger partial charge in [-0.25, -0.2) is 13.1 Å². The van der Waals surface area contributed by atoms with E-state index in [4.69, 9.17) is 0 Å². The lowest BCUT2D eigenvalue weighted by Crippen LogP contribution is -2.35. The van der Waals surface area contributed by atoms with Gasteiger partial charge in [-0.2, -0.15) is 0 Å². The van der Waals surface area contributed by atoms with E-state index in [2.05, 4.69) is 26.0 Å². The monoisotopic (exact) mass is 431 g/mol. The predicted molar refractivity (Wildman–Crippen MR) is 94.6 cm³/mol. The van der Waals surface area contributed by atoms with Gasteiger partial charge in [0.1, 0.15) is 0 Å². The molecule has 8 nitrogen and oxygen atoms in total. The first-order chi connectivity index (χ1) is 11.7. The molecule has 0 aliphatic carbocycles. The van der Waals surface area contributed by atoms with Crippen LogP contribution in [0.4, 0.5) is 0 Å². The number of carbonyl (C=O) groups is 3. The van der Waals surface area contributed by atoms with Crippen molar-refractivity contribution < 1.29 is 22.8 Å². The molecule has 0 saturated carbocycles. The molecule has 0 fully saturated rings. The molecule has 2 N–H and O–H groups in total. The molecule has 3 amide bonds. The summed E-state index contributed by atoms with van der Waals surface area (Å²) in [4.78, 5) is 37.3. The molecular weight excluding hydrogens is 414 g/mol. The molecule has 136 valence electrons. The normalized spacial score (nSPS) is 13.9. The summed E-state index contributed by atoms with van der Waals surface area (Å²) in [7, 11) is -3.28. The summed E-state index contributed by atoms with van der Waals surface area (Å²) in [6.07, 6.45) is 1.50. The fourth-order valence-electron chi connectivity index (χ4n) is 2.39. The highest BCUT2D eigenvalue weighted by molar-refractivity contribution is 9.10. The van der Waals surface area contributed by atoms with E-state index >= 15 is 0 Å². The number of sulfonamides is 1. The number of rotatable bonds is 8. The molecule has 1 aliphatic heterocycles. The molecule has 10 heteroatoms. The maximum Gasteiger partial charge on any atom is 0.261 e. The van der Waals surface area contributed by atoms with Crippen molar-refractivity contribution in [3.8, 4) is 0 Å². The Morgan fingerprint density at radius 3 is 2.52 bits per heavy atom. The van der Waals surface area contributed by atoms with Gasteiger partial charge in [0.15, 0.2) is 0 Å². The average Bonchev–Trinajstić information content (AvgIpc) is 2.75. The van der Waals surface area contributed by atoms with E-state index < -0.39 is 10.0 Å². The highest BCUT2D eigenvalue weighted by Crippen LogP contribution is 2.26. The number of fused-ring (bicyclic) bond motifs is 1. The van der Waals surface area contributed by atoms with Gasteiger partial charge in [0.05, 0.1) is 17.4 Å². The van der Waals surface area contributed by atoms with Gasteiger partial charge >= 0.3 is 0 Å². The first kappa shape index (κ1) is 19.5. The zero-order valence-corrected chi connectivity index (χ0v) is 15.9. The molecular formula is C15H18BrN3O5S. The quantitative estimate of drug-likeness (QED) is 0.459. The van der Waals surface area contributed by atoms with Crippen LogP contribution < -0.4 is 10.0 Å². The Balaban J connectivity index is 1.76. The summed E-state index contributed by atoms with van der Waals surface area (Å²) >= 11 is 3.27. The van der Waals surface area contributed by atoms with Crippen LogP contribution in [0.25, 0.3) is 0 Å². The summed E-state index contributed by atoms with van der Waals surface area (Å²) in [6, 6.07) is 4.91. The third-order valence-electron chi connectivity index (χ3n) is 3.53. The van der Waals surface area contributed by atoms with Crippen molar-refractivity contribution in [1.29, 1.82) is 0 Å². The third-order valence-corrected chi connectivity index (χ3v) is 4.75. The van der Waals surface area contributed by atoms with Crippen molar-refractivity contribution in [2.75, 3.05) is 25.9 Å². The molecule has 0 atom stereocenters. The second-order valence-electron chi connectivity index (χ2n) is 5.57. The number of halogens is 1. The SMILES string of the molecule is CS(=O)(=O)NCCNC(=O)CCCN1C(=O)c2ccc(Br)cc2C1=O. The predicted octanol–water partition coefficient (Wildman–Crippen LogP) is 0.491. The fourth-order valence-corrected chi connectivity index (χ4v) is 3.22. The zero-order chi connectivity index (χ0) is 18.6. The second-order valence-corrected chi connectivity index (χ2v) is 8.32. The van der Waals surface area contributed by atoms with E-state index in [9.17, 15) is 22.8 Å². The molecule has 1 aliphatic rings. The van der Waals surface area contributed by atoms with Crippen LogP contribution >= 0.6 is 15.9 Å². The van der Waals surface area contributed by atoms with E-state index in [1.807, 2.05) is 0 Å². The standard InChI is InChI=1S/C15H18BrN3O5S/c1-25(23,24)18-7-6-17-13(20)3-2-8-19-14(21)11-5-4-10(16)9-12(11)15(19)22/h4-5,9,18H,2-3,6-8H2,1H3,(H,17,20). The first-order valence-electron chi connectivity index (χ1n) is 7.56. The van der Waals surface area contributed by atoms with Crippen LogP contribution in [0.5, 0.6) is 0 Å². The summed E-state index contributed by atoms with van der Waals surface area (Å²) in [5, 5.41) is 2.57. The Bertz CT molecular complexity index is 809. The lowest BCUT2D eigenvalue weighted by molar-refractivity contribution is -0.121. The molecule has 0 aromatic heterocycles. The number of carbonyl (C=O) groups excluding carboxylic acids is 3. The van der Waals surface area contributed by atoms with E-state index in [-0.39, 0.29) is 43.8 Å². The van der Waals surface area contributed by atoms with E-state index in [0.29, 0.717) is 17.5 Å². The lowest BCUT2D eigenvalue weighted by atomic mass is 10.1. The van der Waals surface area contributed by atoms with Crippen molar-refractivity contribution in [2.24, 2.45) is 0 Å². The minimum absolute atomic E-state index is 0.109. The van der Waals surface area contributed by atoms with Gasteiger partial charge in [0, 0.05) is 30.5 Å². The number of imide groups is 1. The smallest absolute Gasteiger partial charge is 0.261 e. The second kappa shape index (κ2) is 8.07. The summed E-state index contributed by atoms with van der Waals surface area (Å²) in [6.45, 7) is 0.434. The zero-order valence-electron chi connectivity index (χ0n) is 13.5. The van der Waals surface area contributed by atoms with E-state index in [1.165, 1.54) is 0 Å². The van der Waals surface area contributed by atoms with Crippen molar-refractivity contribution in [3.63, 3.8) is 0 Å². The van der Waals surface area contributed by atoms with Crippen molar-refractivity contribution in [1.82, 2.24) is 14.9 Å². The van der Waals surface area contributed by atoms with E-state index in [1.54, 1.807) is 18.2 Å². The molecule has 2 rings (SSSR count). The molecule has 25 heavy (non-hydrogen) atoms. The Morgan fingerprint density at radius 1 is 1.16 bits per heavy atom. The highest BCUT2D eigenvalue weighted by Gasteiger charge is 2.35. The summed E-state index contributed by atoms with van der Waals surface area (Å²) in [5.74, 6) is -0.987. The molecule has 1 aromatic rings. The topological polar surface area (TPSA) is 113 Å². The van der Waals surface area contributed by atoms with Crippen molar-refractivity contribution >= 4 is 43.7 Å². The first-order valence-corrected chi connectivity index (χ1v) is 10.2. The molecule has 0 saturated heterocycles. The molecule has 1 aromatic carbocycles. The summed E-state index contributed by atoms with van der Waals surface area (Å²) < 4.78 is 24.7. The lowest BCUT2D eigenvalue weighted by Gasteiger charge is -2.13. The van der Waals surface area contributed by atoms with Crippen molar-refractivity contribution in [2.45, 2.75) is 12.8 Å². The van der Waals surface area contributed by atoms with Gasteiger partial charge in [-0.05, 0) is 24.6 Å². The number of amides is 3. The maximum atomic E-state index is 12.3. The van der Waals surface area contributed by atoms with Crippen LogP contribution in [0, 0.1) is 0 Å². The fraction of sp³-hybridized carbons (Fsp3) is 0.400. The maximum absolute atomic E-state index is 12.3. The van der Waals surface area contributed by atoms with Crippen LogP contribution in [0.2, 0.25) is 0 Å². The van der Waals surface area contributed by atoms with Gasteiger partial charge in [0.25, 0.3) is 11.8 Å². The van der Waals surface area contributed by atoms with Gasteiger partial charge in [-0.15, -0.1) is 0 Å². The van der Waals surface area contributed by atoms with Gasteiger partial charge < -0.3 is 5.32 Å². The van der Waals surface area contributed by atoms with Crippen LogP contribution in [0.3, 0.4) is 0 Å². The Morgan fingerprint density at radius 2 is 1.84 bits per heavy atom. The van der Waals surface area contributed by atoms with Crippen LogP contribution in [0.15, 0.2) is 22.7 Å². The largest absolute Gasteiger partial charge is 0.355 e. The third kappa shape index (κ3) is 5.35. The number of benzene rings is 1. The Kier molecular flexibility index (Phi) is 6.31. The van der Waals surface area contributed by atoms with Crippen LogP contribution in [0.1, 0.15) is 33.6 Å². The van der Waals surface area contributed by atoms with Gasteiger partial charge in [-0.3, -0.25) is 19.3 Å². The Labute approximate surface area is 154 Å². The number of nitrogens with zero attached hydrogens (tertiary/aromatic N) is 1. The number of hydrogen-bond acceptors (Lipinski definition) is 5. The molecule has 0 radical (unpaired) electrons. The van der Waals surface area contributed by atoms with Crippen LogP contribution in [-0.4, -0.2) is 56.9 Å². The molecule has 0 bridgehead atoms. The molecule has 0 unspecified atom stereocenters. The number of hydrogen-bond donors (Lipinski definition) is 2. The average molecular weight is 432 g/mol. The number of nitrogens with one attached hydrogen (secondary N) is 2. The van der Waals surface area contributed by atoms with Gasteiger partial charge in [0.2, 0.25) is 15.9 Å².